The van der Waals surface area contributed by atoms with E-state index in [4.69, 9.17) is 5.73 Å². The SMILES string of the molecule is CCNC(=O)N1CC(N2CC(N)CC2=O)C1. The first-order valence-electron chi connectivity index (χ1n) is 5.69. The predicted octanol–water partition coefficient (Wildman–Crippen LogP) is -1.04. The summed E-state index contributed by atoms with van der Waals surface area (Å²) in [6.45, 7) is 4.41. The van der Waals surface area contributed by atoms with Gasteiger partial charge in [-0.15, -0.1) is 0 Å². The van der Waals surface area contributed by atoms with E-state index in [0.29, 0.717) is 32.6 Å². The third-order valence-corrected chi connectivity index (χ3v) is 3.11. The average Bonchev–Trinajstić information content (AvgIpc) is 2.43. The topological polar surface area (TPSA) is 78.7 Å². The first kappa shape index (κ1) is 11.2. The van der Waals surface area contributed by atoms with Crippen molar-refractivity contribution in [3.63, 3.8) is 0 Å². The number of carbonyl (C=O) groups excluding carboxylic acids is 2. The van der Waals surface area contributed by atoms with Crippen LogP contribution in [-0.4, -0.2) is 60.0 Å². The van der Waals surface area contributed by atoms with Gasteiger partial charge in [-0.05, 0) is 6.92 Å². The average molecular weight is 226 g/mol. The highest BCUT2D eigenvalue weighted by molar-refractivity contribution is 5.80. The van der Waals surface area contributed by atoms with Crippen LogP contribution in [0.1, 0.15) is 13.3 Å². The van der Waals surface area contributed by atoms with Gasteiger partial charge in [0, 0.05) is 38.6 Å². The van der Waals surface area contributed by atoms with Gasteiger partial charge in [0.05, 0.1) is 6.04 Å². The number of hydrogen-bond acceptors (Lipinski definition) is 3. The highest BCUT2D eigenvalue weighted by Gasteiger charge is 2.40. The second kappa shape index (κ2) is 4.29. The molecule has 90 valence electrons. The highest BCUT2D eigenvalue weighted by Crippen LogP contribution is 2.20. The number of likely N-dealkylation sites (tertiary alicyclic amines) is 2. The van der Waals surface area contributed by atoms with Gasteiger partial charge in [-0.1, -0.05) is 0 Å². The number of nitrogens with one attached hydrogen (secondary N) is 1. The number of amides is 3. The van der Waals surface area contributed by atoms with Crippen LogP contribution >= 0.6 is 0 Å². The monoisotopic (exact) mass is 226 g/mol. The zero-order valence-corrected chi connectivity index (χ0v) is 9.48. The Morgan fingerprint density at radius 3 is 2.69 bits per heavy atom. The fraction of sp³-hybridized carbons (Fsp3) is 0.800. The summed E-state index contributed by atoms with van der Waals surface area (Å²) in [4.78, 5) is 26.5. The van der Waals surface area contributed by atoms with Gasteiger partial charge >= 0.3 is 6.03 Å². The minimum Gasteiger partial charge on any atom is -0.338 e. The molecular formula is C10H18N4O2. The van der Waals surface area contributed by atoms with E-state index in [1.54, 1.807) is 9.80 Å². The zero-order valence-electron chi connectivity index (χ0n) is 9.48. The molecule has 3 N–H and O–H groups in total. The van der Waals surface area contributed by atoms with Gasteiger partial charge in [-0.25, -0.2) is 4.79 Å². The summed E-state index contributed by atoms with van der Waals surface area (Å²) in [5.74, 6) is 0.119. The lowest BCUT2D eigenvalue weighted by Crippen LogP contribution is -2.63. The van der Waals surface area contributed by atoms with Gasteiger partial charge in [-0.2, -0.15) is 0 Å². The Morgan fingerprint density at radius 1 is 1.50 bits per heavy atom. The van der Waals surface area contributed by atoms with Crippen molar-refractivity contribution in [2.75, 3.05) is 26.2 Å². The van der Waals surface area contributed by atoms with E-state index in [0.717, 1.165) is 0 Å². The van der Waals surface area contributed by atoms with Crippen LogP contribution in [-0.2, 0) is 4.79 Å². The minimum absolute atomic E-state index is 0.0361. The van der Waals surface area contributed by atoms with Crippen molar-refractivity contribution < 1.29 is 9.59 Å². The quantitative estimate of drug-likeness (QED) is 0.631. The van der Waals surface area contributed by atoms with Crippen LogP contribution < -0.4 is 11.1 Å². The molecule has 2 saturated heterocycles. The Balaban J connectivity index is 1.80. The van der Waals surface area contributed by atoms with Crippen molar-refractivity contribution in [2.24, 2.45) is 5.73 Å². The number of rotatable bonds is 2. The fourth-order valence-electron chi connectivity index (χ4n) is 2.19. The summed E-state index contributed by atoms with van der Waals surface area (Å²) >= 11 is 0. The lowest BCUT2D eigenvalue weighted by molar-refractivity contribution is -0.132. The summed E-state index contributed by atoms with van der Waals surface area (Å²) in [5, 5.41) is 2.74. The van der Waals surface area contributed by atoms with Crippen molar-refractivity contribution in [3.05, 3.63) is 0 Å². The van der Waals surface area contributed by atoms with Gasteiger partial charge in [0.1, 0.15) is 0 Å². The molecule has 0 spiro atoms. The van der Waals surface area contributed by atoms with Crippen molar-refractivity contribution in [3.8, 4) is 0 Å². The van der Waals surface area contributed by atoms with E-state index in [-0.39, 0.29) is 24.0 Å². The lowest BCUT2D eigenvalue weighted by atomic mass is 10.1. The Labute approximate surface area is 94.7 Å². The highest BCUT2D eigenvalue weighted by atomic mass is 16.2. The van der Waals surface area contributed by atoms with Crippen molar-refractivity contribution in [1.82, 2.24) is 15.1 Å². The molecule has 2 heterocycles. The Bertz CT molecular complexity index is 301. The summed E-state index contributed by atoms with van der Waals surface area (Å²) in [6.07, 6.45) is 0.442. The number of hydrogen-bond donors (Lipinski definition) is 2. The second-order valence-corrected chi connectivity index (χ2v) is 4.40. The third kappa shape index (κ3) is 1.97. The molecule has 1 unspecified atom stereocenters. The molecule has 6 heteroatoms. The number of carbonyl (C=O) groups is 2. The summed E-state index contributed by atoms with van der Waals surface area (Å²) in [6, 6.07) is 0.0874. The minimum atomic E-state index is -0.0466. The zero-order chi connectivity index (χ0) is 11.7. The van der Waals surface area contributed by atoms with Crippen LogP contribution in [0.2, 0.25) is 0 Å². The molecule has 1 atom stereocenters. The molecule has 2 fully saturated rings. The standard InChI is InChI=1S/C10H18N4O2/c1-2-12-10(16)13-5-8(6-13)14-4-7(11)3-9(14)15/h7-8H,2-6,11H2,1H3,(H,12,16). The van der Waals surface area contributed by atoms with Crippen LogP contribution in [0.5, 0.6) is 0 Å². The molecule has 0 aromatic carbocycles. The number of nitrogens with two attached hydrogens (primary N) is 1. The van der Waals surface area contributed by atoms with E-state index < -0.39 is 0 Å². The number of urea groups is 1. The van der Waals surface area contributed by atoms with E-state index in [9.17, 15) is 9.59 Å². The van der Waals surface area contributed by atoms with Crippen molar-refractivity contribution >= 4 is 11.9 Å². The maximum absolute atomic E-state index is 11.5. The smallest absolute Gasteiger partial charge is 0.317 e. The van der Waals surface area contributed by atoms with Gasteiger partial charge in [0.25, 0.3) is 0 Å². The molecule has 2 rings (SSSR count). The molecule has 0 aromatic rings. The first-order chi connectivity index (χ1) is 7.61. The number of nitrogens with zero attached hydrogens (tertiary/aromatic N) is 2. The molecule has 2 aliphatic heterocycles. The first-order valence-corrected chi connectivity index (χ1v) is 5.69. The summed E-state index contributed by atoms with van der Waals surface area (Å²) in [7, 11) is 0. The molecule has 2 aliphatic rings. The van der Waals surface area contributed by atoms with Crippen LogP contribution in [0.15, 0.2) is 0 Å². The van der Waals surface area contributed by atoms with Gasteiger partial charge in [-0.3, -0.25) is 4.79 Å². The second-order valence-electron chi connectivity index (χ2n) is 4.40. The third-order valence-electron chi connectivity index (χ3n) is 3.11. The van der Waals surface area contributed by atoms with E-state index >= 15 is 0 Å². The van der Waals surface area contributed by atoms with Gasteiger partial charge in [0.2, 0.25) is 5.91 Å². The molecule has 6 nitrogen and oxygen atoms in total. The molecule has 0 saturated carbocycles. The maximum atomic E-state index is 11.5. The van der Waals surface area contributed by atoms with Crippen LogP contribution in [0.3, 0.4) is 0 Å². The Morgan fingerprint density at radius 2 is 2.19 bits per heavy atom. The molecule has 0 aliphatic carbocycles. The molecule has 0 radical (unpaired) electrons. The Hall–Kier alpha value is -1.30. The van der Waals surface area contributed by atoms with Gasteiger partial charge in [0.15, 0.2) is 0 Å². The summed E-state index contributed by atoms with van der Waals surface area (Å²) < 4.78 is 0. The van der Waals surface area contributed by atoms with E-state index in [1.165, 1.54) is 0 Å². The van der Waals surface area contributed by atoms with E-state index in [2.05, 4.69) is 5.32 Å². The van der Waals surface area contributed by atoms with Crippen molar-refractivity contribution in [1.29, 1.82) is 0 Å². The molecule has 3 amide bonds. The molecular weight excluding hydrogens is 208 g/mol. The lowest BCUT2D eigenvalue weighted by Gasteiger charge is -2.43. The molecule has 0 aromatic heterocycles. The largest absolute Gasteiger partial charge is 0.338 e. The van der Waals surface area contributed by atoms with Crippen LogP contribution in [0, 0.1) is 0 Å². The van der Waals surface area contributed by atoms with Crippen molar-refractivity contribution in [2.45, 2.75) is 25.4 Å². The fourth-order valence-corrected chi connectivity index (χ4v) is 2.19. The van der Waals surface area contributed by atoms with E-state index in [1.807, 2.05) is 6.92 Å². The summed E-state index contributed by atoms with van der Waals surface area (Å²) in [5.41, 5.74) is 5.72. The van der Waals surface area contributed by atoms with Gasteiger partial charge < -0.3 is 20.9 Å². The molecule has 0 bridgehead atoms. The molecule has 16 heavy (non-hydrogen) atoms. The maximum Gasteiger partial charge on any atom is 0.317 e. The normalized spacial score (nSPS) is 25.9. The van der Waals surface area contributed by atoms with Crippen LogP contribution in [0.25, 0.3) is 0 Å². The Kier molecular flexibility index (Phi) is 3.00. The van der Waals surface area contributed by atoms with Crippen LogP contribution in [0.4, 0.5) is 4.79 Å². The predicted molar refractivity (Wildman–Crippen MR) is 58.7 cm³/mol.